The first-order valence-electron chi connectivity index (χ1n) is 4.01. The van der Waals surface area contributed by atoms with Crippen molar-refractivity contribution in [3.05, 3.63) is 0 Å². The molecule has 0 amide bonds. The van der Waals surface area contributed by atoms with Crippen molar-refractivity contribution in [2.75, 3.05) is 39.3 Å². The van der Waals surface area contributed by atoms with Crippen LogP contribution in [0, 0.1) is 0 Å². The molecule has 0 bridgehead atoms. The lowest BCUT2D eigenvalue weighted by Crippen LogP contribution is -2.44. The highest BCUT2D eigenvalue weighted by Crippen LogP contribution is 2.13. The highest BCUT2D eigenvalue weighted by molar-refractivity contribution is 7.32. The van der Waals surface area contributed by atoms with E-state index in [9.17, 15) is 4.57 Å². The molecule has 1 rings (SSSR count). The number of piperazine rings is 1. The third kappa shape index (κ3) is 4.09. The molecule has 1 fully saturated rings. The van der Waals surface area contributed by atoms with Gasteiger partial charge in [0.25, 0.3) is 0 Å². The van der Waals surface area contributed by atoms with Crippen molar-refractivity contribution in [3.63, 3.8) is 0 Å². The summed E-state index contributed by atoms with van der Waals surface area (Å²) in [6, 6.07) is 0. The lowest BCUT2D eigenvalue weighted by atomic mass is 10.4. The molecule has 6 heteroatoms. The van der Waals surface area contributed by atoms with Crippen LogP contribution in [0.5, 0.6) is 0 Å². The van der Waals surface area contributed by atoms with Crippen LogP contribution in [0.15, 0.2) is 0 Å². The lowest BCUT2D eigenvalue weighted by Gasteiger charge is -2.25. The van der Waals surface area contributed by atoms with Crippen LogP contribution in [0.2, 0.25) is 0 Å². The lowest BCUT2D eigenvalue weighted by molar-refractivity contribution is 0.186. The summed E-state index contributed by atoms with van der Waals surface area (Å²) in [6.07, 6.45) is 0. The fraction of sp³-hybridized carbons (Fsp3) is 1.00. The van der Waals surface area contributed by atoms with Crippen LogP contribution in [0.3, 0.4) is 0 Å². The minimum atomic E-state index is -2.42. The standard InChI is InChI=1S/C6H13N2O3P/c9-12(10)11-6-5-8-3-1-7-2-4-8/h7H,1-6H2/p+1. The third-order valence-corrected chi connectivity index (χ3v) is 2.22. The third-order valence-electron chi connectivity index (χ3n) is 1.82. The number of rotatable bonds is 4. The van der Waals surface area contributed by atoms with Crippen molar-refractivity contribution in [1.29, 1.82) is 0 Å². The molecule has 1 unspecified atom stereocenters. The van der Waals surface area contributed by atoms with E-state index >= 15 is 0 Å². The Kier molecular flexibility index (Phi) is 4.65. The fourth-order valence-electron chi connectivity index (χ4n) is 1.18. The van der Waals surface area contributed by atoms with Crippen LogP contribution in [0.4, 0.5) is 0 Å². The predicted octanol–water partition coefficient (Wildman–Crippen LogP) is -0.442. The van der Waals surface area contributed by atoms with Crippen molar-refractivity contribution in [1.82, 2.24) is 10.2 Å². The van der Waals surface area contributed by atoms with Gasteiger partial charge in [-0.25, -0.2) is 0 Å². The molecule has 1 heterocycles. The van der Waals surface area contributed by atoms with Gasteiger partial charge in [0.05, 0.1) is 0 Å². The second-order valence-electron chi connectivity index (χ2n) is 2.66. The van der Waals surface area contributed by atoms with Crippen molar-refractivity contribution in [3.8, 4) is 0 Å². The summed E-state index contributed by atoms with van der Waals surface area (Å²) in [4.78, 5) is 10.5. The van der Waals surface area contributed by atoms with Crippen molar-refractivity contribution in [2.24, 2.45) is 0 Å². The monoisotopic (exact) mass is 193 g/mol. The molecule has 0 aromatic rings. The maximum absolute atomic E-state index is 10.1. The topological polar surface area (TPSA) is 61.8 Å². The van der Waals surface area contributed by atoms with Gasteiger partial charge in [-0.2, -0.15) is 0 Å². The highest BCUT2D eigenvalue weighted by atomic mass is 31.1. The van der Waals surface area contributed by atoms with Crippen LogP contribution >= 0.6 is 8.25 Å². The van der Waals surface area contributed by atoms with Gasteiger partial charge < -0.3 is 5.32 Å². The Labute approximate surface area is 72.7 Å². The van der Waals surface area contributed by atoms with E-state index in [0.717, 1.165) is 32.7 Å². The summed E-state index contributed by atoms with van der Waals surface area (Å²) in [5, 5.41) is 3.22. The molecule has 0 spiro atoms. The molecule has 0 radical (unpaired) electrons. The largest absolute Gasteiger partial charge is 0.694 e. The summed E-state index contributed by atoms with van der Waals surface area (Å²) in [5.41, 5.74) is 0. The molecule has 1 aliphatic rings. The van der Waals surface area contributed by atoms with Gasteiger partial charge in [-0.15, -0.1) is 9.42 Å². The Balaban J connectivity index is 2.01. The fourth-order valence-corrected chi connectivity index (χ4v) is 1.42. The van der Waals surface area contributed by atoms with E-state index < -0.39 is 8.25 Å². The van der Waals surface area contributed by atoms with E-state index in [0.29, 0.717) is 6.61 Å². The van der Waals surface area contributed by atoms with Crippen LogP contribution in [0.1, 0.15) is 0 Å². The molecule has 5 nitrogen and oxygen atoms in total. The maximum atomic E-state index is 10.1. The number of nitrogens with zero attached hydrogens (tertiary/aromatic N) is 1. The van der Waals surface area contributed by atoms with Crippen LogP contribution < -0.4 is 5.32 Å². The minimum absolute atomic E-state index is 0.339. The SMILES string of the molecule is O=[P+](O)OCCN1CCNCC1. The molecule has 0 aromatic carbocycles. The smallest absolute Gasteiger partial charge is 0.314 e. The average molecular weight is 193 g/mol. The molecule has 0 aromatic heterocycles. The van der Waals surface area contributed by atoms with E-state index in [4.69, 9.17) is 4.89 Å². The molecule has 70 valence electrons. The molecule has 1 aliphatic heterocycles. The Morgan fingerprint density at radius 3 is 2.75 bits per heavy atom. The van der Waals surface area contributed by atoms with Gasteiger partial charge in [-0.3, -0.25) is 4.90 Å². The molecular formula is C6H14N2O3P+. The summed E-state index contributed by atoms with van der Waals surface area (Å²) in [7, 11) is -2.42. The zero-order valence-corrected chi connectivity index (χ0v) is 7.80. The van der Waals surface area contributed by atoms with Gasteiger partial charge >= 0.3 is 8.25 Å². The predicted molar refractivity (Wildman–Crippen MR) is 45.1 cm³/mol. The first-order valence-corrected chi connectivity index (χ1v) is 5.14. The second kappa shape index (κ2) is 5.56. The number of hydrogen-bond acceptors (Lipinski definition) is 4. The van der Waals surface area contributed by atoms with Gasteiger partial charge in [0.2, 0.25) is 0 Å². The molecule has 1 saturated heterocycles. The van der Waals surface area contributed by atoms with E-state index in [-0.39, 0.29) is 0 Å². The van der Waals surface area contributed by atoms with Crippen LogP contribution in [-0.4, -0.2) is 49.1 Å². The normalized spacial score (nSPS) is 20.9. The Morgan fingerprint density at radius 2 is 2.17 bits per heavy atom. The first kappa shape index (κ1) is 10.0. The summed E-state index contributed by atoms with van der Waals surface area (Å²) >= 11 is 0. The molecule has 0 saturated carbocycles. The van der Waals surface area contributed by atoms with Gasteiger partial charge in [0.1, 0.15) is 6.61 Å². The van der Waals surface area contributed by atoms with E-state index in [1.165, 1.54) is 0 Å². The first-order chi connectivity index (χ1) is 5.79. The van der Waals surface area contributed by atoms with Gasteiger partial charge in [-0.05, 0) is 0 Å². The van der Waals surface area contributed by atoms with Crippen molar-refractivity contribution in [2.45, 2.75) is 0 Å². The van der Waals surface area contributed by atoms with Gasteiger partial charge in [-0.1, -0.05) is 0 Å². The Bertz CT molecular complexity index is 150. The van der Waals surface area contributed by atoms with Gasteiger partial charge in [0, 0.05) is 37.3 Å². The zero-order valence-electron chi connectivity index (χ0n) is 6.90. The quantitative estimate of drug-likeness (QED) is 0.592. The maximum Gasteiger partial charge on any atom is 0.694 e. The average Bonchev–Trinajstić information content (AvgIpc) is 2.05. The molecule has 1 atom stereocenters. The molecule has 2 N–H and O–H groups in total. The van der Waals surface area contributed by atoms with E-state index in [1.54, 1.807) is 0 Å². The summed E-state index contributed by atoms with van der Waals surface area (Å²) < 4.78 is 14.7. The van der Waals surface area contributed by atoms with E-state index in [1.807, 2.05) is 0 Å². The van der Waals surface area contributed by atoms with Crippen LogP contribution in [-0.2, 0) is 9.09 Å². The zero-order chi connectivity index (χ0) is 8.81. The molecule has 0 aliphatic carbocycles. The number of nitrogens with one attached hydrogen (secondary N) is 1. The summed E-state index contributed by atoms with van der Waals surface area (Å²) in [6.45, 7) is 5.04. The van der Waals surface area contributed by atoms with E-state index in [2.05, 4.69) is 14.7 Å². The summed E-state index contributed by atoms with van der Waals surface area (Å²) in [5.74, 6) is 0. The molecular weight excluding hydrogens is 179 g/mol. The van der Waals surface area contributed by atoms with Crippen molar-refractivity contribution < 1.29 is 14.0 Å². The van der Waals surface area contributed by atoms with Gasteiger partial charge in [0.15, 0.2) is 0 Å². The Morgan fingerprint density at radius 1 is 1.50 bits per heavy atom. The Hall–Kier alpha value is -0.0600. The minimum Gasteiger partial charge on any atom is -0.314 e. The van der Waals surface area contributed by atoms with Crippen molar-refractivity contribution >= 4 is 8.25 Å². The van der Waals surface area contributed by atoms with Crippen LogP contribution in [0.25, 0.3) is 0 Å². The molecule has 12 heavy (non-hydrogen) atoms. The highest BCUT2D eigenvalue weighted by Gasteiger charge is 2.14. The number of hydrogen-bond donors (Lipinski definition) is 2. The second-order valence-corrected chi connectivity index (χ2v) is 3.40.